The van der Waals surface area contributed by atoms with Gasteiger partial charge in [0.15, 0.2) is 0 Å². The number of carbonyl (C=O) groups is 1. The Kier molecular flexibility index (Phi) is 6.74. The van der Waals surface area contributed by atoms with Crippen molar-refractivity contribution in [3.8, 4) is 11.3 Å². The van der Waals surface area contributed by atoms with Crippen LogP contribution in [0.1, 0.15) is 51.6 Å². The fourth-order valence-electron chi connectivity index (χ4n) is 5.31. The Labute approximate surface area is 214 Å². The SMILES string of the molecule is C=C(C)[C@@H]1CN(C(C)=O)CC1Nc1ncc2c(-c3ccc4c(n3)C(CCCC(F)F)C(C)=N4)ccn2n1. The minimum absolute atomic E-state index is 0.0162. The molecule has 3 aromatic heterocycles. The van der Waals surface area contributed by atoms with Crippen molar-refractivity contribution < 1.29 is 13.6 Å². The van der Waals surface area contributed by atoms with E-state index in [1.165, 1.54) is 0 Å². The van der Waals surface area contributed by atoms with Crippen LogP contribution in [0.3, 0.4) is 0 Å². The average Bonchev–Trinajstić information content (AvgIpc) is 3.54. The van der Waals surface area contributed by atoms with Crippen molar-refractivity contribution in [3.05, 3.63) is 48.4 Å². The van der Waals surface area contributed by atoms with Crippen molar-refractivity contribution in [2.24, 2.45) is 10.9 Å². The third-order valence-electron chi connectivity index (χ3n) is 7.35. The average molecular weight is 508 g/mol. The summed E-state index contributed by atoms with van der Waals surface area (Å²) in [7, 11) is 0. The van der Waals surface area contributed by atoms with Crippen molar-refractivity contribution in [3.63, 3.8) is 0 Å². The number of rotatable bonds is 8. The predicted octanol–water partition coefficient (Wildman–Crippen LogP) is 5.25. The number of likely N-dealkylation sites (tertiary alicyclic amines) is 1. The number of alkyl halides is 2. The molecule has 37 heavy (non-hydrogen) atoms. The smallest absolute Gasteiger partial charge is 0.241 e. The maximum absolute atomic E-state index is 12.7. The van der Waals surface area contributed by atoms with Crippen LogP contribution in [0.5, 0.6) is 0 Å². The van der Waals surface area contributed by atoms with E-state index in [1.807, 2.05) is 43.1 Å². The van der Waals surface area contributed by atoms with Gasteiger partial charge in [-0.1, -0.05) is 12.2 Å². The number of pyridine rings is 1. The van der Waals surface area contributed by atoms with Gasteiger partial charge in [0, 0.05) is 55.7 Å². The summed E-state index contributed by atoms with van der Waals surface area (Å²) in [5.74, 6) is 0.595. The van der Waals surface area contributed by atoms with E-state index in [-0.39, 0.29) is 30.2 Å². The number of halogens is 2. The van der Waals surface area contributed by atoms with Crippen LogP contribution in [0.4, 0.5) is 20.4 Å². The monoisotopic (exact) mass is 507 g/mol. The number of carbonyl (C=O) groups excluding carboxylic acids is 1. The molecule has 1 saturated heterocycles. The van der Waals surface area contributed by atoms with Gasteiger partial charge >= 0.3 is 0 Å². The van der Waals surface area contributed by atoms with E-state index in [9.17, 15) is 13.6 Å². The van der Waals surface area contributed by atoms with Gasteiger partial charge in [0.2, 0.25) is 18.3 Å². The fraction of sp³-hybridized carbons (Fsp3) is 0.444. The van der Waals surface area contributed by atoms with E-state index >= 15 is 0 Å². The normalized spacial score (nSPS) is 21.0. The number of amides is 1. The van der Waals surface area contributed by atoms with Crippen LogP contribution in [-0.2, 0) is 4.79 Å². The standard InChI is InChI=1S/C27H31F2N7O/c1-15(2)20-13-35(17(4)37)14-23(20)33-27-30-12-24-19(10-11-36(24)34-27)21-8-9-22-26(32-21)18(16(3)31-22)6-5-7-25(28)29/h8-12,18,20,23,25H,1,5-7,13-14H2,2-4H3,(H,33,34)/t18?,20-,23?/m0/s1. The Morgan fingerprint density at radius 1 is 1.24 bits per heavy atom. The molecule has 2 aliphatic rings. The highest BCUT2D eigenvalue weighted by Gasteiger charge is 2.35. The summed E-state index contributed by atoms with van der Waals surface area (Å²) in [4.78, 5) is 27.8. The summed E-state index contributed by atoms with van der Waals surface area (Å²) in [5, 5.41) is 8.03. The third-order valence-corrected chi connectivity index (χ3v) is 7.35. The summed E-state index contributed by atoms with van der Waals surface area (Å²) in [6, 6.07) is 5.79. The maximum atomic E-state index is 12.7. The first-order valence-corrected chi connectivity index (χ1v) is 12.6. The van der Waals surface area contributed by atoms with Crippen molar-refractivity contribution in [2.45, 2.75) is 58.4 Å². The number of nitrogens with zero attached hydrogens (tertiary/aromatic N) is 6. The maximum Gasteiger partial charge on any atom is 0.241 e. The van der Waals surface area contributed by atoms with Crippen LogP contribution in [-0.4, -0.2) is 61.7 Å². The minimum Gasteiger partial charge on any atom is -0.348 e. The highest BCUT2D eigenvalue weighted by Crippen LogP contribution is 2.39. The van der Waals surface area contributed by atoms with E-state index < -0.39 is 6.43 Å². The molecule has 1 N–H and O–H groups in total. The van der Waals surface area contributed by atoms with Crippen molar-refractivity contribution in [1.29, 1.82) is 0 Å². The molecular weight excluding hydrogens is 476 g/mol. The number of hydrogen-bond acceptors (Lipinski definition) is 6. The first kappa shape index (κ1) is 25.0. The van der Waals surface area contributed by atoms with E-state index in [0.717, 1.165) is 39.4 Å². The number of fused-ring (bicyclic) bond motifs is 2. The lowest BCUT2D eigenvalue weighted by Gasteiger charge is -2.19. The predicted molar refractivity (Wildman–Crippen MR) is 140 cm³/mol. The molecule has 0 aromatic carbocycles. The van der Waals surface area contributed by atoms with Gasteiger partial charge in [0.05, 0.1) is 34.8 Å². The Morgan fingerprint density at radius 3 is 2.78 bits per heavy atom. The highest BCUT2D eigenvalue weighted by atomic mass is 19.3. The van der Waals surface area contributed by atoms with Crippen LogP contribution in [0, 0.1) is 5.92 Å². The molecule has 0 spiro atoms. The molecule has 0 aliphatic carbocycles. The second-order valence-electron chi connectivity index (χ2n) is 10.00. The van der Waals surface area contributed by atoms with E-state index in [4.69, 9.17) is 4.98 Å². The van der Waals surface area contributed by atoms with Crippen LogP contribution in [0.2, 0.25) is 0 Å². The van der Waals surface area contributed by atoms with E-state index in [0.29, 0.717) is 31.9 Å². The van der Waals surface area contributed by atoms with E-state index in [2.05, 4.69) is 27.0 Å². The van der Waals surface area contributed by atoms with Gasteiger partial charge in [-0.25, -0.2) is 23.3 Å². The molecule has 3 aromatic rings. The molecule has 5 rings (SSSR count). The van der Waals surface area contributed by atoms with Gasteiger partial charge in [-0.15, -0.1) is 5.10 Å². The van der Waals surface area contributed by atoms with Gasteiger partial charge in [-0.3, -0.25) is 9.79 Å². The molecular formula is C27H31F2N7O. The molecule has 2 aliphatic heterocycles. The number of aliphatic imine (C=N–C) groups is 1. The Morgan fingerprint density at radius 2 is 2.05 bits per heavy atom. The second-order valence-corrected chi connectivity index (χ2v) is 10.00. The van der Waals surface area contributed by atoms with Gasteiger partial charge in [-0.2, -0.15) is 0 Å². The van der Waals surface area contributed by atoms with Gasteiger partial charge < -0.3 is 10.2 Å². The van der Waals surface area contributed by atoms with Crippen LogP contribution in [0.15, 0.2) is 47.7 Å². The molecule has 2 unspecified atom stereocenters. The van der Waals surface area contributed by atoms with Gasteiger partial charge in [-0.05, 0) is 44.9 Å². The molecule has 8 nitrogen and oxygen atoms in total. The lowest BCUT2D eigenvalue weighted by atomic mass is 9.94. The zero-order valence-electron chi connectivity index (χ0n) is 21.3. The Balaban J connectivity index is 1.37. The summed E-state index contributed by atoms with van der Waals surface area (Å²) in [5.41, 5.74) is 6.02. The Bertz CT molecular complexity index is 1380. The fourth-order valence-corrected chi connectivity index (χ4v) is 5.31. The Hall–Kier alpha value is -3.69. The number of hydrogen-bond donors (Lipinski definition) is 1. The van der Waals surface area contributed by atoms with Crippen molar-refractivity contribution in [2.75, 3.05) is 18.4 Å². The van der Waals surface area contributed by atoms with Gasteiger partial charge in [0.1, 0.15) is 0 Å². The molecule has 1 amide bonds. The summed E-state index contributed by atoms with van der Waals surface area (Å²) < 4.78 is 27.1. The molecule has 1 fully saturated rings. The van der Waals surface area contributed by atoms with Crippen LogP contribution >= 0.6 is 0 Å². The molecule has 5 heterocycles. The number of aromatic nitrogens is 4. The van der Waals surface area contributed by atoms with Crippen LogP contribution in [0.25, 0.3) is 16.8 Å². The third kappa shape index (κ3) is 4.97. The zero-order chi connectivity index (χ0) is 26.3. The molecule has 0 saturated carbocycles. The first-order valence-electron chi connectivity index (χ1n) is 12.6. The van der Waals surface area contributed by atoms with E-state index in [1.54, 1.807) is 17.6 Å². The molecule has 194 valence electrons. The van der Waals surface area contributed by atoms with Crippen molar-refractivity contribution in [1.82, 2.24) is 24.5 Å². The van der Waals surface area contributed by atoms with Gasteiger partial charge in [0.25, 0.3) is 0 Å². The van der Waals surface area contributed by atoms with Crippen LogP contribution < -0.4 is 5.32 Å². The molecule has 0 bridgehead atoms. The zero-order valence-corrected chi connectivity index (χ0v) is 21.3. The molecule has 0 radical (unpaired) electrons. The van der Waals surface area contributed by atoms with Crippen molar-refractivity contribution >= 4 is 28.8 Å². The topological polar surface area (TPSA) is 87.8 Å². The lowest BCUT2D eigenvalue weighted by Crippen LogP contribution is -2.31. The lowest BCUT2D eigenvalue weighted by molar-refractivity contribution is -0.127. The first-order chi connectivity index (χ1) is 17.7. The number of anilines is 1. The summed E-state index contributed by atoms with van der Waals surface area (Å²) in [6.07, 6.45) is 2.24. The summed E-state index contributed by atoms with van der Waals surface area (Å²) >= 11 is 0. The highest BCUT2D eigenvalue weighted by molar-refractivity contribution is 5.96. The largest absolute Gasteiger partial charge is 0.348 e. The second kappa shape index (κ2) is 9.99. The molecule has 3 atom stereocenters. The quantitative estimate of drug-likeness (QED) is 0.421. The minimum atomic E-state index is -2.29. The number of nitrogens with one attached hydrogen (secondary N) is 1. The summed E-state index contributed by atoms with van der Waals surface area (Å²) in [6.45, 7) is 10.8. The molecule has 10 heteroatoms.